The Labute approximate surface area is 64.0 Å². The molecule has 0 saturated heterocycles. The van der Waals surface area contributed by atoms with Gasteiger partial charge in [0.1, 0.15) is 12.4 Å². The number of nitrogens with two attached hydrogens (primary N) is 2. The number of carbonyl (C=O) groups excluding carboxylic acids is 1. The Kier molecular flexibility index (Phi) is 1.80. The van der Waals surface area contributed by atoms with E-state index in [-0.39, 0.29) is 6.54 Å². The zero-order valence-electron chi connectivity index (χ0n) is 6.24. The van der Waals surface area contributed by atoms with Crippen LogP contribution in [0.15, 0.2) is 6.07 Å². The molecule has 0 aliphatic carbocycles. The van der Waals surface area contributed by atoms with E-state index in [9.17, 15) is 4.79 Å². The van der Waals surface area contributed by atoms with Gasteiger partial charge in [0.2, 0.25) is 5.91 Å². The maximum atomic E-state index is 10.5. The van der Waals surface area contributed by atoms with Crippen molar-refractivity contribution in [1.29, 1.82) is 0 Å². The summed E-state index contributed by atoms with van der Waals surface area (Å²) in [6, 6.07) is 1.68. The first-order valence-corrected chi connectivity index (χ1v) is 3.18. The molecule has 0 saturated carbocycles. The molecule has 0 atom stereocenters. The number of hydrogen-bond acceptors (Lipinski definition) is 3. The van der Waals surface area contributed by atoms with E-state index in [1.165, 1.54) is 4.68 Å². The predicted octanol–water partition coefficient (Wildman–Crippen LogP) is -0.741. The van der Waals surface area contributed by atoms with Crippen LogP contribution in [0.4, 0.5) is 5.82 Å². The van der Waals surface area contributed by atoms with Crippen molar-refractivity contribution in [3.63, 3.8) is 0 Å². The first-order valence-electron chi connectivity index (χ1n) is 3.18. The van der Waals surface area contributed by atoms with Crippen molar-refractivity contribution in [1.82, 2.24) is 9.78 Å². The summed E-state index contributed by atoms with van der Waals surface area (Å²) < 4.78 is 1.47. The molecule has 11 heavy (non-hydrogen) atoms. The van der Waals surface area contributed by atoms with Gasteiger partial charge in [0.15, 0.2) is 0 Å². The summed E-state index contributed by atoms with van der Waals surface area (Å²) in [5.74, 6) is -0.0139. The molecule has 0 unspecified atom stereocenters. The Hall–Kier alpha value is -1.52. The van der Waals surface area contributed by atoms with E-state index < -0.39 is 5.91 Å². The number of aryl methyl sites for hydroxylation is 1. The number of hydrogen-bond donors (Lipinski definition) is 2. The second-order valence-electron chi connectivity index (χ2n) is 2.33. The Morgan fingerprint density at radius 1 is 1.82 bits per heavy atom. The van der Waals surface area contributed by atoms with Crippen LogP contribution >= 0.6 is 0 Å². The molecule has 4 N–H and O–H groups in total. The summed E-state index contributed by atoms with van der Waals surface area (Å²) in [4.78, 5) is 10.5. The van der Waals surface area contributed by atoms with Gasteiger partial charge in [-0.3, -0.25) is 9.48 Å². The number of carbonyl (C=O) groups is 1. The predicted molar refractivity (Wildman–Crippen MR) is 40.6 cm³/mol. The Balaban J connectivity index is 2.85. The maximum absolute atomic E-state index is 10.5. The van der Waals surface area contributed by atoms with Crippen molar-refractivity contribution in [3.05, 3.63) is 11.8 Å². The molecule has 1 amide bonds. The first-order chi connectivity index (χ1) is 5.09. The lowest BCUT2D eigenvalue weighted by Crippen LogP contribution is -2.20. The number of primary amides is 1. The highest BCUT2D eigenvalue weighted by Gasteiger charge is 2.02. The van der Waals surface area contributed by atoms with E-state index in [0.29, 0.717) is 5.82 Å². The van der Waals surface area contributed by atoms with Gasteiger partial charge >= 0.3 is 0 Å². The van der Waals surface area contributed by atoms with Crippen LogP contribution in [-0.4, -0.2) is 15.7 Å². The molecule has 1 aromatic rings. The Morgan fingerprint density at radius 3 is 2.82 bits per heavy atom. The molecule has 0 aromatic carbocycles. The average Bonchev–Trinajstić information content (AvgIpc) is 2.09. The number of aromatic nitrogens is 2. The fourth-order valence-corrected chi connectivity index (χ4v) is 0.843. The molecule has 0 fully saturated rings. The van der Waals surface area contributed by atoms with Gasteiger partial charge in [0, 0.05) is 11.8 Å². The normalized spacial score (nSPS) is 9.91. The monoisotopic (exact) mass is 154 g/mol. The molecule has 0 radical (unpaired) electrons. The molecular weight excluding hydrogens is 144 g/mol. The zero-order valence-corrected chi connectivity index (χ0v) is 6.24. The highest BCUT2D eigenvalue weighted by atomic mass is 16.1. The SMILES string of the molecule is Cc1cc(N)nn1CC(N)=O. The number of anilines is 1. The highest BCUT2D eigenvalue weighted by Crippen LogP contribution is 2.02. The lowest BCUT2D eigenvalue weighted by Gasteiger charge is -1.97. The molecule has 0 aliphatic rings. The van der Waals surface area contributed by atoms with Crippen molar-refractivity contribution in [3.8, 4) is 0 Å². The molecule has 1 aromatic heterocycles. The van der Waals surface area contributed by atoms with Gasteiger partial charge in [-0.1, -0.05) is 0 Å². The summed E-state index contributed by atoms with van der Waals surface area (Å²) in [6.45, 7) is 1.90. The van der Waals surface area contributed by atoms with E-state index in [4.69, 9.17) is 11.5 Å². The molecule has 1 heterocycles. The first kappa shape index (κ1) is 7.59. The smallest absolute Gasteiger partial charge is 0.239 e. The maximum Gasteiger partial charge on any atom is 0.239 e. The van der Waals surface area contributed by atoms with Gasteiger partial charge in [-0.05, 0) is 6.92 Å². The largest absolute Gasteiger partial charge is 0.382 e. The molecule has 1 rings (SSSR count). The lowest BCUT2D eigenvalue weighted by molar-refractivity contribution is -0.118. The topological polar surface area (TPSA) is 86.9 Å². The van der Waals surface area contributed by atoms with Crippen LogP contribution in [0.5, 0.6) is 0 Å². The fourth-order valence-electron chi connectivity index (χ4n) is 0.843. The molecule has 0 spiro atoms. The Bertz CT molecular complexity index is 278. The van der Waals surface area contributed by atoms with Crippen molar-refractivity contribution in [2.24, 2.45) is 5.73 Å². The van der Waals surface area contributed by atoms with E-state index in [0.717, 1.165) is 5.69 Å². The van der Waals surface area contributed by atoms with Crippen LogP contribution in [0.25, 0.3) is 0 Å². The van der Waals surface area contributed by atoms with Gasteiger partial charge in [0.25, 0.3) is 0 Å². The van der Waals surface area contributed by atoms with E-state index in [1.807, 2.05) is 6.92 Å². The minimum absolute atomic E-state index is 0.0863. The standard InChI is InChI=1S/C6H10N4O/c1-4-2-5(7)9-10(4)3-6(8)11/h2H,3H2,1H3,(H2,7,9)(H2,8,11). The van der Waals surface area contributed by atoms with Gasteiger partial charge in [-0.25, -0.2) is 0 Å². The van der Waals surface area contributed by atoms with Crippen LogP contribution in [0.2, 0.25) is 0 Å². The second-order valence-corrected chi connectivity index (χ2v) is 2.33. The van der Waals surface area contributed by atoms with Crippen LogP contribution in [0.3, 0.4) is 0 Å². The summed E-state index contributed by atoms with van der Waals surface area (Å²) >= 11 is 0. The lowest BCUT2D eigenvalue weighted by atomic mass is 10.4. The summed E-state index contributed by atoms with van der Waals surface area (Å²) in [5.41, 5.74) is 11.2. The van der Waals surface area contributed by atoms with Crippen molar-refractivity contribution in [2.75, 3.05) is 5.73 Å². The highest BCUT2D eigenvalue weighted by molar-refractivity contribution is 5.73. The van der Waals surface area contributed by atoms with Crippen molar-refractivity contribution in [2.45, 2.75) is 13.5 Å². The number of nitrogen functional groups attached to an aromatic ring is 1. The summed E-state index contributed by atoms with van der Waals surface area (Å²) in [5, 5.41) is 3.84. The van der Waals surface area contributed by atoms with Crippen LogP contribution < -0.4 is 11.5 Å². The van der Waals surface area contributed by atoms with Crippen molar-refractivity contribution < 1.29 is 4.79 Å². The van der Waals surface area contributed by atoms with Gasteiger partial charge in [0.05, 0.1) is 0 Å². The summed E-state index contributed by atoms with van der Waals surface area (Å²) in [7, 11) is 0. The number of rotatable bonds is 2. The van der Waals surface area contributed by atoms with Gasteiger partial charge in [-0.15, -0.1) is 0 Å². The number of amides is 1. The molecule has 0 aliphatic heterocycles. The quantitative estimate of drug-likeness (QED) is 0.588. The van der Waals surface area contributed by atoms with Crippen LogP contribution in [-0.2, 0) is 11.3 Å². The molecule has 60 valence electrons. The van der Waals surface area contributed by atoms with E-state index in [1.54, 1.807) is 6.07 Å². The van der Waals surface area contributed by atoms with Crippen molar-refractivity contribution >= 4 is 11.7 Å². The molecule has 5 nitrogen and oxygen atoms in total. The zero-order chi connectivity index (χ0) is 8.43. The van der Waals surface area contributed by atoms with Crippen LogP contribution in [0, 0.1) is 6.92 Å². The van der Waals surface area contributed by atoms with Gasteiger partial charge < -0.3 is 11.5 Å². The van der Waals surface area contributed by atoms with Crippen LogP contribution in [0.1, 0.15) is 5.69 Å². The minimum atomic E-state index is -0.420. The Morgan fingerprint density at radius 2 is 2.45 bits per heavy atom. The minimum Gasteiger partial charge on any atom is -0.382 e. The van der Waals surface area contributed by atoms with Gasteiger partial charge in [-0.2, -0.15) is 5.10 Å². The third-order valence-corrected chi connectivity index (χ3v) is 1.31. The molecular formula is C6H10N4O. The fraction of sp³-hybridized carbons (Fsp3) is 0.333. The molecule has 0 bridgehead atoms. The average molecular weight is 154 g/mol. The third kappa shape index (κ3) is 1.70. The molecule has 5 heteroatoms. The van der Waals surface area contributed by atoms with E-state index in [2.05, 4.69) is 5.10 Å². The third-order valence-electron chi connectivity index (χ3n) is 1.31. The second kappa shape index (κ2) is 2.61. The summed E-state index contributed by atoms with van der Waals surface area (Å²) in [6.07, 6.45) is 0. The number of nitrogens with zero attached hydrogens (tertiary/aromatic N) is 2. The van der Waals surface area contributed by atoms with E-state index >= 15 is 0 Å².